The Morgan fingerprint density at radius 2 is 1.89 bits per heavy atom. The van der Waals surface area contributed by atoms with Crippen LogP contribution in [-0.4, -0.2) is 36.3 Å². The standard InChI is InChI=1S/C20H19FN2O4/c1-3-20(14-7-9-15(21)10-8-14)18(25)23(19(26)22-20)12-17(24)13-5-4-6-16(11-13)27-2/h4-11H,3,12H2,1-2H3,(H,22,26). The maximum absolute atomic E-state index is 13.2. The number of ketones is 1. The molecule has 0 bridgehead atoms. The highest BCUT2D eigenvalue weighted by Gasteiger charge is 2.51. The van der Waals surface area contributed by atoms with Crippen LogP contribution >= 0.6 is 0 Å². The van der Waals surface area contributed by atoms with Crippen molar-refractivity contribution in [1.29, 1.82) is 0 Å². The fraction of sp³-hybridized carbons (Fsp3) is 0.250. The van der Waals surface area contributed by atoms with Crippen molar-refractivity contribution in [2.75, 3.05) is 13.7 Å². The third-order valence-corrected chi connectivity index (χ3v) is 4.74. The average molecular weight is 370 g/mol. The zero-order valence-electron chi connectivity index (χ0n) is 15.0. The molecule has 27 heavy (non-hydrogen) atoms. The number of nitrogens with zero attached hydrogens (tertiary/aromatic N) is 1. The lowest BCUT2D eigenvalue weighted by Crippen LogP contribution is -2.43. The molecule has 140 valence electrons. The number of nitrogens with one attached hydrogen (secondary N) is 1. The van der Waals surface area contributed by atoms with Gasteiger partial charge in [-0.15, -0.1) is 0 Å². The van der Waals surface area contributed by atoms with Gasteiger partial charge < -0.3 is 10.1 Å². The maximum atomic E-state index is 13.2. The Bertz CT molecular complexity index is 897. The molecule has 1 heterocycles. The summed E-state index contributed by atoms with van der Waals surface area (Å²) in [6.07, 6.45) is 0.271. The highest BCUT2D eigenvalue weighted by atomic mass is 19.1. The van der Waals surface area contributed by atoms with Crippen LogP contribution in [0.25, 0.3) is 0 Å². The lowest BCUT2D eigenvalue weighted by atomic mass is 9.87. The number of amides is 3. The fourth-order valence-electron chi connectivity index (χ4n) is 3.17. The number of carbonyl (C=O) groups excluding carboxylic acids is 3. The molecule has 1 fully saturated rings. The smallest absolute Gasteiger partial charge is 0.325 e. The van der Waals surface area contributed by atoms with Crippen molar-refractivity contribution in [3.8, 4) is 5.75 Å². The number of imide groups is 1. The summed E-state index contributed by atoms with van der Waals surface area (Å²) in [5.74, 6) is -0.847. The van der Waals surface area contributed by atoms with Crippen LogP contribution in [0.2, 0.25) is 0 Å². The van der Waals surface area contributed by atoms with E-state index < -0.39 is 23.3 Å². The number of hydrogen-bond donors (Lipinski definition) is 1. The number of carbonyl (C=O) groups is 3. The van der Waals surface area contributed by atoms with Crippen LogP contribution in [0.3, 0.4) is 0 Å². The van der Waals surface area contributed by atoms with Gasteiger partial charge in [0.2, 0.25) is 0 Å². The highest BCUT2D eigenvalue weighted by molar-refractivity contribution is 6.11. The second-order valence-electron chi connectivity index (χ2n) is 6.24. The van der Waals surface area contributed by atoms with E-state index in [2.05, 4.69) is 5.32 Å². The van der Waals surface area contributed by atoms with Crippen LogP contribution < -0.4 is 10.1 Å². The van der Waals surface area contributed by atoms with Gasteiger partial charge >= 0.3 is 6.03 Å². The van der Waals surface area contributed by atoms with Crippen LogP contribution in [0.1, 0.15) is 29.3 Å². The molecule has 1 aliphatic rings. The van der Waals surface area contributed by atoms with E-state index in [-0.39, 0.29) is 18.7 Å². The molecule has 1 unspecified atom stereocenters. The Morgan fingerprint density at radius 1 is 1.19 bits per heavy atom. The number of rotatable bonds is 6. The Hall–Kier alpha value is -3.22. The average Bonchev–Trinajstić information content (AvgIpc) is 2.93. The molecule has 3 amide bonds. The molecule has 1 N–H and O–H groups in total. The largest absolute Gasteiger partial charge is 0.497 e. The number of halogens is 1. The van der Waals surface area contributed by atoms with Gasteiger partial charge in [0, 0.05) is 5.56 Å². The van der Waals surface area contributed by atoms with Crippen molar-refractivity contribution in [1.82, 2.24) is 10.2 Å². The molecular weight excluding hydrogens is 351 g/mol. The van der Waals surface area contributed by atoms with Crippen LogP contribution in [0, 0.1) is 5.82 Å². The summed E-state index contributed by atoms with van der Waals surface area (Å²) in [6, 6.07) is 11.2. The van der Waals surface area contributed by atoms with E-state index in [1.807, 2.05) is 0 Å². The van der Waals surface area contributed by atoms with Crippen LogP contribution in [0.15, 0.2) is 48.5 Å². The zero-order valence-corrected chi connectivity index (χ0v) is 15.0. The minimum atomic E-state index is -1.31. The van der Waals surface area contributed by atoms with E-state index >= 15 is 0 Å². The number of urea groups is 1. The lowest BCUT2D eigenvalue weighted by molar-refractivity contribution is -0.131. The molecule has 2 aromatic carbocycles. The number of Topliss-reactive ketones (excluding diaryl/α,β-unsaturated/α-hetero) is 1. The summed E-state index contributed by atoms with van der Waals surface area (Å²) >= 11 is 0. The predicted octanol–water partition coefficient (Wildman–Crippen LogP) is 2.87. The minimum absolute atomic E-state index is 0.271. The van der Waals surface area contributed by atoms with Crippen LogP contribution in [-0.2, 0) is 10.3 Å². The van der Waals surface area contributed by atoms with Crippen molar-refractivity contribution in [3.63, 3.8) is 0 Å². The van der Waals surface area contributed by atoms with Crippen molar-refractivity contribution in [3.05, 3.63) is 65.5 Å². The molecule has 0 saturated carbocycles. The Kier molecular flexibility index (Phi) is 4.94. The van der Waals surface area contributed by atoms with Crippen molar-refractivity contribution in [2.24, 2.45) is 0 Å². The first-order valence-corrected chi connectivity index (χ1v) is 8.48. The van der Waals surface area contributed by atoms with Crippen molar-refractivity contribution >= 4 is 17.7 Å². The molecule has 2 aromatic rings. The third kappa shape index (κ3) is 3.28. The molecule has 0 spiro atoms. The number of methoxy groups -OCH3 is 1. The van der Waals surface area contributed by atoms with Gasteiger partial charge in [0.05, 0.1) is 13.7 Å². The van der Waals surface area contributed by atoms with Gasteiger partial charge in [-0.05, 0) is 36.2 Å². The second kappa shape index (κ2) is 7.19. The van der Waals surface area contributed by atoms with Gasteiger partial charge in [-0.2, -0.15) is 0 Å². The van der Waals surface area contributed by atoms with Crippen LogP contribution in [0.4, 0.5) is 9.18 Å². The van der Waals surface area contributed by atoms with Gasteiger partial charge in [0.1, 0.15) is 17.1 Å². The number of ether oxygens (including phenoxy) is 1. The molecular formula is C20H19FN2O4. The minimum Gasteiger partial charge on any atom is -0.497 e. The SMILES string of the molecule is CCC1(c2ccc(F)cc2)NC(=O)N(CC(=O)c2cccc(OC)c2)C1=O. The van der Waals surface area contributed by atoms with Gasteiger partial charge in [0.15, 0.2) is 5.78 Å². The molecule has 1 aliphatic heterocycles. The molecule has 0 aliphatic carbocycles. The Morgan fingerprint density at radius 3 is 2.52 bits per heavy atom. The van der Waals surface area contributed by atoms with E-state index in [9.17, 15) is 18.8 Å². The number of benzene rings is 2. The summed E-state index contributed by atoms with van der Waals surface area (Å²) in [7, 11) is 1.49. The van der Waals surface area contributed by atoms with Gasteiger partial charge in [-0.1, -0.05) is 31.2 Å². The predicted molar refractivity (Wildman–Crippen MR) is 95.9 cm³/mol. The molecule has 0 aromatic heterocycles. The molecule has 0 radical (unpaired) electrons. The number of hydrogen-bond acceptors (Lipinski definition) is 4. The van der Waals surface area contributed by atoms with Crippen molar-refractivity contribution in [2.45, 2.75) is 18.9 Å². The summed E-state index contributed by atoms with van der Waals surface area (Å²) < 4.78 is 18.3. The first kappa shape index (κ1) is 18.6. The fourth-order valence-corrected chi connectivity index (χ4v) is 3.17. The summed E-state index contributed by atoms with van der Waals surface area (Å²) in [5, 5.41) is 2.67. The van der Waals surface area contributed by atoms with E-state index in [4.69, 9.17) is 4.74 Å². The van der Waals surface area contributed by atoms with E-state index in [1.54, 1.807) is 31.2 Å². The van der Waals surface area contributed by atoms with E-state index in [0.29, 0.717) is 16.9 Å². The normalized spacial score (nSPS) is 19.1. The maximum Gasteiger partial charge on any atom is 0.325 e. The third-order valence-electron chi connectivity index (χ3n) is 4.74. The highest BCUT2D eigenvalue weighted by Crippen LogP contribution is 2.32. The lowest BCUT2D eigenvalue weighted by Gasteiger charge is -2.25. The quantitative estimate of drug-likeness (QED) is 0.627. The van der Waals surface area contributed by atoms with Gasteiger partial charge in [-0.25, -0.2) is 9.18 Å². The van der Waals surface area contributed by atoms with Crippen molar-refractivity contribution < 1.29 is 23.5 Å². The first-order chi connectivity index (χ1) is 12.9. The van der Waals surface area contributed by atoms with Gasteiger partial charge in [0.25, 0.3) is 5.91 Å². The van der Waals surface area contributed by atoms with Gasteiger partial charge in [-0.3, -0.25) is 14.5 Å². The summed E-state index contributed by atoms with van der Waals surface area (Å²) in [6.45, 7) is 1.36. The Balaban J connectivity index is 1.86. The molecule has 1 atom stereocenters. The monoisotopic (exact) mass is 370 g/mol. The second-order valence-corrected chi connectivity index (χ2v) is 6.24. The first-order valence-electron chi connectivity index (χ1n) is 8.48. The molecule has 7 heteroatoms. The molecule has 6 nitrogen and oxygen atoms in total. The van der Waals surface area contributed by atoms with E-state index in [1.165, 1.54) is 31.4 Å². The molecule has 3 rings (SSSR count). The summed E-state index contributed by atoms with van der Waals surface area (Å²) in [4.78, 5) is 38.9. The summed E-state index contributed by atoms with van der Waals surface area (Å²) in [5.41, 5.74) is -0.494. The zero-order chi connectivity index (χ0) is 19.6. The van der Waals surface area contributed by atoms with Crippen LogP contribution in [0.5, 0.6) is 5.75 Å². The van der Waals surface area contributed by atoms with E-state index in [0.717, 1.165) is 4.90 Å². The molecule has 1 saturated heterocycles. The Labute approximate surface area is 155 Å². The topological polar surface area (TPSA) is 75.7 Å².